The zero-order chi connectivity index (χ0) is 22.9. The second-order valence-corrected chi connectivity index (χ2v) is 8.30. The number of carbonyl (C=O) groups excluding carboxylic acids is 2. The van der Waals surface area contributed by atoms with Gasteiger partial charge in [0.1, 0.15) is 5.84 Å². The average Bonchev–Trinajstić information content (AvgIpc) is 3.08. The zero-order valence-electron chi connectivity index (χ0n) is 17.7. The van der Waals surface area contributed by atoms with Crippen LogP contribution in [0.5, 0.6) is 0 Å². The van der Waals surface area contributed by atoms with Gasteiger partial charge in [-0.25, -0.2) is 4.99 Å². The van der Waals surface area contributed by atoms with Crippen molar-refractivity contribution in [3.8, 4) is 0 Å². The van der Waals surface area contributed by atoms with Crippen molar-refractivity contribution >= 4 is 17.6 Å². The minimum absolute atomic E-state index is 0.0361. The van der Waals surface area contributed by atoms with Crippen LogP contribution in [0.4, 0.5) is 13.2 Å². The molecule has 1 fully saturated rings. The van der Waals surface area contributed by atoms with Crippen LogP contribution in [0.15, 0.2) is 59.6 Å². The number of carbonyl (C=O) groups is 2. The molecular formula is C24H24F3N3O2. The smallest absolute Gasteiger partial charge is 0.312 e. The number of nitrogens with one attached hydrogen (secondary N) is 1. The molecule has 4 rings (SSSR count). The molecule has 0 unspecified atom stereocenters. The van der Waals surface area contributed by atoms with Gasteiger partial charge in [-0.3, -0.25) is 14.5 Å². The SMILES string of the molecule is Cc1cccc(C(=O)N[C@]2(C(F)(F)F)N=C(c3ccccc3)N(C3CCCCC3)C2=O)c1. The maximum Gasteiger partial charge on any atom is 0.442 e. The number of aryl methyl sites for hydroxylation is 1. The maximum atomic E-state index is 14.5. The first-order chi connectivity index (χ1) is 15.2. The van der Waals surface area contributed by atoms with E-state index in [2.05, 4.69) is 4.99 Å². The molecule has 168 valence electrons. The molecule has 5 nitrogen and oxygen atoms in total. The molecule has 1 saturated carbocycles. The van der Waals surface area contributed by atoms with Crippen LogP contribution in [-0.4, -0.2) is 40.4 Å². The van der Waals surface area contributed by atoms with Gasteiger partial charge < -0.3 is 5.32 Å². The predicted molar refractivity (Wildman–Crippen MR) is 114 cm³/mol. The number of hydrogen-bond donors (Lipinski definition) is 1. The number of rotatable bonds is 4. The van der Waals surface area contributed by atoms with Crippen LogP contribution in [-0.2, 0) is 4.79 Å². The molecule has 0 radical (unpaired) electrons. The summed E-state index contributed by atoms with van der Waals surface area (Å²) >= 11 is 0. The van der Waals surface area contributed by atoms with Crippen molar-refractivity contribution in [2.45, 2.75) is 56.9 Å². The largest absolute Gasteiger partial charge is 0.442 e. The van der Waals surface area contributed by atoms with E-state index >= 15 is 0 Å². The summed E-state index contributed by atoms with van der Waals surface area (Å²) in [6.45, 7) is 1.73. The summed E-state index contributed by atoms with van der Waals surface area (Å²) in [5.41, 5.74) is -2.21. The molecule has 0 saturated heterocycles. The topological polar surface area (TPSA) is 61.8 Å². The monoisotopic (exact) mass is 443 g/mol. The first kappa shape index (κ1) is 22.0. The Labute approximate surface area is 184 Å². The molecule has 2 amide bonds. The number of alkyl halides is 3. The van der Waals surface area contributed by atoms with Crippen LogP contribution in [0.2, 0.25) is 0 Å². The van der Waals surface area contributed by atoms with E-state index in [1.807, 2.05) is 5.32 Å². The highest BCUT2D eigenvalue weighted by molar-refractivity contribution is 6.17. The minimum atomic E-state index is -5.12. The third kappa shape index (κ3) is 3.89. The Balaban J connectivity index is 1.81. The van der Waals surface area contributed by atoms with Crippen LogP contribution in [0.3, 0.4) is 0 Å². The fourth-order valence-electron chi connectivity index (χ4n) is 4.36. The number of amidine groups is 1. The number of benzene rings is 2. The Hall–Kier alpha value is -3.16. The first-order valence-electron chi connectivity index (χ1n) is 10.7. The van der Waals surface area contributed by atoms with Gasteiger partial charge in [0.25, 0.3) is 11.8 Å². The highest BCUT2D eigenvalue weighted by atomic mass is 19.4. The van der Waals surface area contributed by atoms with Crippen LogP contribution in [0, 0.1) is 6.92 Å². The molecule has 2 aromatic rings. The Morgan fingerprint density at radius 3 is 2.38 bits per heavy atom. The Morgan fingerprint density at radius 2 is 1.75 bits per heavy atom. The van der Waals surface area contributed by atoms with Gasteiger partial charge in [0, 0.05) is 17.2 Å². The van der Waals surface area contributed by atoms with Gasteiger partial charge in [0.2, 0.25) is 0 Å². The van der Waals surface area contributed by atoms with E-state index in [1.165, 1.54) is 17.0 Å². The van der Waals surface area contributed by atoms with Crippen molar-refractivity contribution in [1.29, 1.82) is 0 Å². The molecule has 1 aliphatic carbocycles. The van der Waals surface area contributed by atoms with E-state index in [4.69, 9.17) is 0 Å². The molecule has 1 atom stereocenters. The van der Waals surface area contributed by atoms with Gasteiger partial charge in [-0.05, 0) is 31.9 Å². The zero-order valence-corrected chi connectivity index (χ0v) is 17.7. The molecule has 0 bridgehead atoms. The molecule has 2 aliphatic rings. The van der Waals surface area contributed by atoms with Crippen molar-refractivity contribution in [1.82, 2.24) is 10.2 Å². The predicted octanol–water partition coefficient (Wildman–Crippen LogP) is 4.61. The molecular weight excluding hydrogens is 419 g/mol. The van der Waals surface area contributed by atoms with E-state index in [-0.39, 0.29) is 11.4 Å². The summed E-state index contributed by atoms with van der Waals surface area (Å²) < 4.78 is 43.4. The molecule has 2 aromatic carbocycles. The summed E-state index contributed by atoms with van der Waals surface area (Å²) in [7, 11) is 0. The van der Waals surface area contributed by atoms with Gasteiger partial charge in [0.15, 0.2) is 0 Å². The summed E-state index contributed by atoms with van der Waals surface area (Å²) in [5.74, 6) is -2.30. The Bertz CT molecular complexity index is 1050. The van der Waals surface area contributed by atoms with E-state index in [0.29, 0.717) is 24.0 Å². The van der Waals surface area contributed by atoms with E-state index < -0.39 is 29.7 Å². The summed E-state index contributed by atoms with van der Waals surface area (Å²) in [6, 6.07) is 14.1. The Kier molecular flexibility index (Phi) is 5.79. The molecule has 0 spiro atoms. The fourth-order valence-corrected chi connectivity index (χ4v) is 4.36. The highest BCUT2D eigenvalue weighted by Crippen LogP contribution is 2.41. The number of amides is 2. The lowest BCUT2D eigenvalue weighted by Gasteiger charge is -2.34. The minimum Gasteiger partial charge on any atom is -0.312 e. The van der Waals surface area contributed by atoms with Crippen molar-refractivity contribution in [2.75, 3.05) is 0 Å². The third-order valence-electron chi connectivity index (χ3n) is 5.99. The molecule has 1 heterocycles. The average molecular weight is 443 g/mol. The quantitative estimate of drug-likeness (QED) is 0.751. The fraction of sp³-hybridized carbons (Fsp3) is 0.375. The van der Waals surface area contributed by atoms with Gasteiger partial charge in [0.05, 0.1) is 0 Å². The summed E-state index contributed by atoms with van der Waals surface area (Å²) in [4.78, 5) is 31.4. The molecule has 0 aromatic heterocycles. The number of halogens is 3. The normalized spacial score (nSPS) is 22.1. The van der Waals surface area contributed by atoms with Crippen molar-refractivity contribution < 1.29 is 22.8 Å². The number of nitrogens with zero attached hydrogens (tertiary/aromatic N) is 2. The second-order valence-electron chi connectivity index (χ2n) is 8.30. The lowest BCUT2D eigenvalue weighted by molar-refractivity contribution is -0.197. The Morgan fingerprint density at radius 1 is 1.06 bits per heavy atom. The van der Waals surface area contributed by atoms with Crippen molar-refractivity contribution in [3.05, 3.63) is 71.3 Å². The van der Waals surface area contributed by atoms with Crippen LogP contribution in [0.25, 0.3) is 0 Å². The van der Waals surface area contributed by atoms with E-state index in [9.17, 15) is 22.8 Å². The number of aliphatic imine (C=N–C) groups is 1. The third-order valence-corrected chi connectivity index (χ3v) is 5.99. The van der Waals surface area contributed by atoms with Crippen molar-refractivity contribution in [2.24, 2.45) is 4.99 Å². The van der Waals surface area contributed by atoms with Gasteiger partial charge >= 0.3 is 11.8 Å². The standard InChI is InChI=1S/C24H24F3N3O2/c1-16-9-8-12-18(15-16)21(31)29-23(24(25,26)27)22(32)30(19-13-6-3-7-14-19)20(28-23)17-10-4-2-5-11-17/h2,4-5,8-12,15,19H,3,6-7,13-14H2,1H3,(H,29,31)/t23-/m1/s1. The van der Waals surface area contributed by atoms with E-state index in [1.54, 1.807) is 49.4 Å². The van der Waals surface area contributed by atoms with Crippen LogP contribution in [0.1, 0.15) is 53.6 Å². The summed E-state index contributed by atoms with van der Waals surface area (Å²) in [5, 5.41) is 1.95. The first-order valence-corrected chi connectivity index (χ1v) is 10.7. The van der Waals surface area contributed by atoms with Crippen LogP contribution < -0.4 is 5.32 Å². The van der Waals surface area contributed by atoms with E-state index in [0.717, 1.165) is 19.3 Å². The summed E-state index contributed by atoms with van der Waals surface area (Å²) in [6.07, 6.45) is -1.30. The highest BCUT2D eigenvalue weighted by Gasteiger charge is 2.67. The second kappa shape index (κ2) is 8.41. The van der Waals surface area contributed by atoms with Gasteiger partial charge in [-0.1, -0.05) is 67.3 Å². The molecule has 8 heteroatoms. The molecule has 1 N–H and O–H groups in total. The number of hydrogen-bond acceptors (Lipinski definition) is 3. The van der Waals surface area contributed by atoms with Crippen molar-refractivity contribution in [3.63, 3.8) is 0 Å². The maximum absolute atomic E-state index is 14.5. The molecule has 32 heavy (non-hydrogen) atoms. The lowest BCUT2D eigenvalue weighted by atomic mass is 9.93. The van der Waals surface area contributed by atoms with Gasteiger partial charge in [-0.2, -0.15) is 13.2 Å². The van der Waals surface area contributed by atoms with Crippen LogP contribution >= 0.6 is 0 Å². The lowest BCUT2D eigenvalue weighted by Crippen LogP contribution is -2.64. The van der Waals surface area contributed by atoms with Gasteiger partial charge in [-0.15, -0.1) is 0 Å². The molecule has 1 aliphatic heterocycles.